The average molecular weight is 188 g/mol. The molecule has 0 aliphatic rings. The van der Waals surface area contributed by atoms with Crippen molar-refractivity contribution in [1.29, 1.82) is 0 Å². The largest absolute Gasteiger partial charge is 0.102 e. The van der Waals surface area contributed by atoms with Gasteiger partial charge in [-0.15, -0.1) is 6.58 Å². The molecule has 0 spiro atoms. The fraction of sp³-hybridized carbons (Fsp3) is 0.429. The Morgan fingerprint density at radius 2 is 1.64 bits per heavy atom. The third kappa shape index (κ3) is 2.47. The molecular weight excluding hydrogens is 168 g/mol. The van der Waals surface area contributed by atoms with Gasteiger partial charge < -0.3 is 0 Å². The van der Waals surface area contributed by atoms with Crippen molar-refractivity contribution in [2.75, 3.05) is 0 Å². The summed E-state index contributed by atoms with van der Waals surface area (Å²) in [6.07, 6.45) is 3.16. The van der Waals surface area contributed by atoms with Crippen LogP contribution in [0.4, 0.5) is 0 Å². The van der Waals surface area contributed by atoms with Crippen LogP contribution >= 0.6 is 0 Å². The fourth-order valence-corrected chi connectivity index (χ4v) is 1.67. The highest BCUT2D eigenvalue weighted by Gasteiger charge is 2.05. The van der Waals surface area contributed by atoms with Gasteiger partial charge in [0.2, 0.25) is 0 Å². The molecule has 1 atom stereocenters. The zero-order valence-electron chi connectivity index (χ0n) is 9.46. The molecular formula is C14H20. The van der Waals surface area contributed by atoms with Gasteiger partial charge in [-0.25, -0.2) is 0 Å². The van der Waals surface area contributed by atoms with Gasteiger partial charge in [-0.2, -0.15) is 0 Å². The highest BCUT2D eigenvalue weighted by Crippen LogP contribution is 2.22. The first-order valence-electron chi connectivity index (χ1n) is 5.41. The van der Waals surface area contributed by atoms with Gasteiger partial charge in [0.1, 0.15) is 0 Å². The van der Waals surface area contributed by atoms with E-state index in [1.54, 1.807) is 0 Å². The molecule has 0 saturated heterocycles. The van der Waals surface area contributed by atoms with Crippen LogP contribution in [-0.2, 0) is 0 Å². The fourth-order valence-electron chi connectivity index (χ4n) is 1.67. The molecule has 1 rings (SSSR count). The minimum absolute atomic E-state index is 0.510. The van der Waals surface area contributed by atoms with Crippen LogP contribution < -0.4 is 0 Å². The monoisotopic (exact) mass is 188 g/mol. The molecule has 0 N–H and O–H groups in total. The quantitative estimate of drug-likeness (QED) is 0.611. The van der Waals surface area contributed by atoms with Gasteiger partial charge in [0.25, 0.3) is 0 Å². The lowest BCUT2D eigenvalue weighted by Crippen LogP contribution is -1.94. The van der Waals surface area contributed by atoms with Crippen LogP contribution in [0.1, 0.15) is 50.2 Å². The molecule has 0 aliphatic heterocycles. The summed E-state index contributed by atoms with van der Waals surface area (Å²) in [4.78, 5) is 0. The summed E-state index contributed by atoms with van der Waals surface area (Å²) >= 11 is 0. The van der Waals surface area contributed by atoms with Crippen LogP contribution in [0.3, 0.4) is 0 Å². The first-order chi connectivity index (χ1) is 6.69. The second kappa shape index (κ2) is 4.99. The van der Waals surface area contributed by atoms with Crippen LogP contribution in [0.2, 0.25) is 0 Å². The maximum absolute atomic E-state index is 3.87. The lowest BCUT2D eigenvalue weighted by Gasteiger charge is -2.12. The van der Waals surface area contributed by atoms with E-state index in [9.17, 15) is 0 Å². The topological polar surface area (TPSA) is 0 Å². The van der Waals surface area contributed by atoms with Crippen LogP contribution in [0, 0.1) is 0 Å². The van der Waals surface area contributed by atoms with Gasteiger partial charge in [-0.1, -0.05) is 51.1 Å². The van der Waals surface area contributed by atoms with Crippen molar-refractivity contribution in [2.24, 2.45) is 0 Å². The van der Waals surface area contributed by atoms with Gasteiger partial charge in [0.15, 0.2) is 0 Å². The van der Waals surface area contributed by atoms with Gasteiger partial charge in [-0.3, -0.25) is 0 Å². The number of benzene rings is 1. The summed E-state index contributed by atoms with van der Waals surface area (Å²) in [5.41, 5.74) is 2.79. The van der Waals surface area contributed by atoms with E-state index in [1.807, 2.05) is 6.08 Å². The predicted molar refractivity (Wildman–Crippen MR) is 63.8 cm³/mol. The van der Waals surface area contributed by atoms with Crippen molar-refractivity contribution in [2.45, 2.75) is 39.0 Å². The Bertz CT molecular complexity index is 279. The summed E-state index contributed by atoms with van der Waals surface area (Å²) in [6, 6.07) is 8.91. The molecule has 0 saturated carbocycles. The van der Waals surface area contributed by atoms with Gasteiger partial charge in [-0.05, 0) is 23.5 Å². The van der Waals surface area contributed by atoms with E-state index < -0.39 is 0 Å². The summed E-state index contributed by atoms with van der Waals surface area (Å²) in [6.45, 7) is 10.5. The molecule has 0 bridgehead atoms. The Kier molecular flexibility index (Phi) is 3.94. The molecule has 0 radical (unpaired) electrons. The molecule has 1 aromatic carbocycles. The summed E-state index contributed by atoms with van der Waals surface area (Å²) in [5, 5.41) is 0. The maximum atomic E-state index is 3.87. The predicted octanol–water partition coefficient (Wildman–Crippen LogP) is 4.49. The van der Waals surface area contributed by atoms with Crippen molar-refractivity contribution >= 4 is 0 Å². The zero-order chi connectivity index (χ0) is 10.6. The maximum Gasteiger partial charge on any atom is 0.00126 e. The van der Waals surface area contributed by atoms with Crippen molar-refractivity contribution in [3.63, 3.8) is 0 Å². The molecule has 0 fully saturated rings. The second-order valence-corrected chi connectivity index (χ2v) is 4.07. The number of hydrogen-bond donors (Lipinski definition) is 0. The lowest BCUT2D eigenvalue weighted by molar-refractivity contribution is 0.802. The Balaban J connectivity index is 2.87. The summed E-state index contributed by atoms with van der Waals surface area (Å²) in [7, 11) is 0. The van der Waals surface area contributed by atoms with E-state index in [-0.39, 0.29) is 0 Å². The molecule has 1 unspecified atom stereocenters. The molecule has 14 heavy (non-hydrogen) atoms. The van der Waals surface area contributed by atoms with Crippen LogP contribution in [0.5, 0.6) is 0 Å². The molecule has 1 aromatic rings. The van der Waals surface area contributed by atoms with Crippen LogP contribution in [0.15, 0.2) is 36.9 Å². The highest BCUT2D eigenvalue weighted by atomic mass is 14.1. The molecule has 0 nitrogen and oxygen atoms in total. The molecule has 0 heteroatoms. The zero-order valence-corrected chi connectivity index (χ0v) is 9.46. The van der Waals surface area contributed by atoms with E-state index in [4.69, 9.17) is 0 Å². The third-order valence-electron chi connectivity index (χ3n) is 2.76. The first kappa shape index (κ1) is 11.0. The van der Waals surface area contributed by atoms with Crippen molar-refractivity contribution < 1.29 is 0 Å². The standard InChI is InChI=1S/C14H20/c1-5-12(6-2)14-9-7-13(8-10-14)11(3)4/h5,7-12H,1,6H2,2-4H3. The van der Waals surface area contributed by atoms with Crippen LogP contribution in [-0.4, -0.2) is 0 Å². The number of allylic oxidation sites excluding steroid dienone is 1. The third-order valence-corrected chi connectivity index (χ3v) is 2.76. The molecule has 0 aromatic heterocycles. The SMILES string of the molecule is C=CC(CC)c1ccc(C(C)C)cc1. The molecule has 76 valence electrons. The minimum Gasteiger partial charge on any atom is -0.102 e. The highest BCUT2D eigenvalue weighted by molar-refractivity contribution is 5.29. The minimum atomic E-state index is 0.510. The smallest absolute Gasteiger partial charge is 0.00126 e. The molecule has 0 heterocycles. The van der Waals surface area contributed by atoms with Gasteiger partial charge in [0, 0.05) is 5.92 Å². The van der Waals surface area contributed by atoms with E-state index in [1.165, 1.54) is 11.1 Å². The van der Waals surface area contributed by atoms with Crippen molar-refractivity contribution in [3.8, 4) is 0 Å². The summed E-state index contributed by atoms with van der Waals surface area (Å²) < 4.78 is 0. The molecule has 0 aliphatic carbocycles. The van der Waals surface area contributed by atoms with Gasteiger partial charge in [0.05, 0.1) is 0 Å². The Hall–Kier alpha value is -1.04. The Morgan fingerprint density at radius 3 is 2.00 bits per heavy atom. The lowest BCUT2D eigenvalue weighted by atomic mass is 9.94. The normalized spacial score (nSPS) is 12.9. The number of rotatable bonds is 4. The van der Waals surface area contributed by atoms with Gasteiger partial charge >= 0.3 is 0 Å². The van der Waals surface area contributed by atoms with Crippen molar-refractivity contribution in [1.82, 2.24) is 0 Å². The van der Waals surface area contributed by atoms with E-state index in [0.29, 0.717) is 11.8 Å². The van der Waals surface area contributed by atoms with E-state index >= 15 is 0 Å². The van der Waals surface area contributed by atoms with E-state index in [0.717, 1.165) is 6.42 Å². The molecule has 0 amide bonds. The Labute approximate surface area is 87.7 Å². The second-order valence-electron chi connectivity index (χ2n) is 4.07. The Morgan fingerprint density at radius 1 is 1.14 bits per heavy atom. The number of hydrogen-bond acceptors (Lipinski definition) is 0. The van der Waals surface area contributed by atoms with Crippen molar-refractivity contribution in [3.05, 3.63) is 48.0 Å². The van der Waals surface area contributed by atoms with Crippen LogP contribution in [0.25, 0.3) is 0 Å². The average Bonchev–Trinajstić information content (AvgIpc) is 2.20. The van der Waals surface area contributed by atoms with E-state index in [2.05, 4.69) is 51.6 Å². The first-order valence-corrected chi connectivity index (χ1v) is 5.41. The summed E-state index contributed by atoms with van der Waals surface area (Å²) in [5.74, 6) is 1.13.